The largest absolute Gasteiger partial charge is 0.465 e. The van der Waals surface area contributed by atoms with Crippen LogP contribution < -0.4 is 5.32 Å². The third kappa shape index (κ3) is 4.71. The molecule has 1 aromatic carbocycles. The zero-order valence-electron chi connectivity index (χ0n) is 17.1. The average Bonchev–Trinajstić information content (AvgIpc) is 3.30. The Bertz CT molecular complexity index is 938. The van der Waals surface area contributed by atoms with E-state index in [1.807, 2.05) is 6.07 Å². The summed E-state index contributed by atoms with van der Waals surface area (Å²) in [7, 11) is 1.37. The van der Waals surface area contributed by atoms with Gasteiger partial charge < -0.3 is 10.1 Å². The molecule has 1 amide bonds. The molecular weight excluding hydrogens is 405 g/mol. The number of esters is 1. The molecule has 1 aliphatic heterocycles. The maximum Gasteiger partial charge on any atom is 0.341 e. The van der Waals surface area contributed by atoms with Crippen LogP contribution in [-0.2, 0) is 28.9 Å². The first kappa shape index (κ1) is 21.0. The number of rotatable bonds is 6. The maximum atomic E-state index is 13.4. The van der Waals surface area contributed by atoms with Gasteiger partial charge in [0.25, 0.3) is 0 Å². The fourth-order valence-electron chi connectivity index (χ4n) is 4.18. The lowest BCUT2D eigenvalue weighted by atomic mass is 10.1. The number of thiophene rings is 1. The van der Waals surface area contributed by atoms with E-state index in [4.69, 9.17) is 4.74 Å². The van der Waals surface area contributed by atoms with Crippen LogP contribution in [0.5, 0.6) is 0 Å². The first-order valence-electron chi connectivity index (χ1n) is 10.3. The number of carbonyl (C=O) groups excluding carboxylic acids is 2. The quantitative estimate of drug-likeness (QED) is 0.713. The topological polar surface area (TPSA) is 61.9 Å². The van der Waals surface area contributed by atoms with Crippen LogP contribution in [0.2, 0.25) is 0 Å². The minimum atomic E-state index is -0.379. The number of ether oxygens (including phenoxy) is 1. The highest BCUT2D eigenvalue weighted by molar-refractivity contribution is 7.17. The molecule has 0 unspecified atom stereocenters. The second kappa shape index (κ2) is 9.24. The summed E-state index contributed by atoms with van der Waals surface area (Å²) in [4.78, 5) is 30.4. The van der Waals surface area contributed by atoms with Gasteiger partial charge >= 0.3 is 5.97 Å². The Morgan fingerprint density at radius 3 is 2.67 bits per heavy atom. The number of piperazine rings is 1. The maximum absolute atomic E-state index is 13.4. The predicted octanol–water partition coefficient (Wildman–Crippen LogP) is 2.92. The molecule has 160 valence electrons. The zero-order chi connectivity index (χ0) is 21.1. The number of hydrogen-bond acceptors (Lipinski definition) is 6. The Labute approximate surface area is 179 Å². The number of nitrogens with zero attached hydrogens (tertiary/aromatic N) is 2. The Morgan fingerprint density at radius 1 is 1.17 bits per heavy atom. The Balaban J connectivity index is 1.30. The lowest BCUT2D eigenvalue weighted by molar-refractivity contribution is -0.117. The second-order valence-corrected chi connectivity index (χ2v) is 8.89. The van der Waals surface area contributed by atoms with Crippen molar-refractivity contribution in [1.29, 1.82) is 0 Å². The van der Waals surface area contributed by atoms with Crippen LogP contribution in [0.3, 0.4) is 0 Å². The van der Waals surface area contributed by atoms with E-state index in [2.05, 4.69) is 15.1 Å². The van der Waals surface area contributed by atoms with Crippen LogP contribution in [0.25, 0.3) is 0 Å². The highest BCUT2D eigenvalue weighted by Crippen LogP contribution is 2.39. The van der Waals surface area contributed by atoms with Gasteiger partial charge in [-0.05, 0) is 42.5 Å². The normalized spacial score (nSPS) is 17.0. The van der Waals surface area contributed by atoms with Crippen molar-refractivity contribution in [3.63, 3.8) is 0 Å². The van der Waals surface area contributed by atoms with Crippen molar-refractivity contribution in [2.24, 2.45) is 0 Å². The lowest BCUT2D eigenvalue weighted by Gasteiger charge is -2.34. The molecule has 2 heterocycles. The fourth-order valence-corrected chi connectivity index (χ4v) is 5.47. The smallest absolute Gasteiger partial charge is 0.341 e. The van der Waals surface area contributed by atoms with Crippen molar-refractivity contribution in [2.45, 2.75) is 25.8 Å². The summed E-state index contributed by atoms with van der Waals surface area (Å²) < 4.78 is 18.3. The van der Waals surface area contributed by atoms with E-state index in [1.54, 1.807) is 12.1 Å². The summed E-state index contributed by atoms with van der Waals surface area (Å²) in [6.07, 6.45) is 2.85. The molecule has 1 N–H and O–H groups in total. The predicted molar refractivity (Wildman–Crippen MR) is 114 cm³/mol. The number of aryl methyl sites for hydroxylation is 1. The van der Waals surface area contributed by atoms with E-state index in [0.29, 0.717) is 17.1 Å². The number of benzene rings is 1. The summed E-state index contributed by atoms with van der Waals surface area (Å²) >= 11 is 1.50. The number of carbonyl (C=O) groups is 2. The zero-order valence-corrected chi connectivity index (χ0v) is 17.9. The number of anilines is 1. The summed E-state index contributed by atoms with van der Waals surface area (Å²) in [6, 6.07) is 6.68. The molecular formula is C22H26FN3O3S. The summed E-state index contributed by atoms with van der Waals surface area (Å²) in [5.41, 5.74) is 2.53. The molecule has 4 rings (SSSR count). The summed E-state index contributed by atoms with van der Waals surface area (Å²) in [5, 5.41) is 3.55. The standard InChI is InChI=1S/C22H26FN3O3S/c1-29-22(28)20-17-6-3-7-18(17)30-21(20)24-19(27)14-26-10-8-25(9-11-26)13-15-4-2-5-16(23)12-15/h2,4-5,12H,3,6-11,13-14H2,1H3,(H,24,27). The minimum absolute atomic E-state index is 0.112. The molecule has 0 radical (unpaired) electrons. The molecule has 0 spiro atoms. The molecule has 2 aromatic rings. The van der Waals surface area contributed by atoms with E-state index in [1.165, 1.54) is 29.4 Å². The molecule has 1 aliphatic carbocycles. The number of hydrogen-bond donors (Lipinski definition) is 1. The Kier molecular flexibility index (Phi) is 6.46. The average molecular weight is 432 g/mol. The van der Waals surface area contributed by atoms with Gasteiger partial charge in [-0.25, -0.2) is 9.18 Å². The van der Waals surface area contributed by atoms with Gasteiger partial charge in [-0.2, -0.15) is 0 Å². The number of halogens is 1. The van der Waals surface area contributed by atoms with Gasteiger partial charge in [0, 0.05) is 37.6 Å². The molecule has 2 aliphatic rings. The molecule has 30 heavy (non-hydrogen) atoms. The van der Waals surface area contributed by atoms with E-state index < -0.39 is 0 Å². The first-order valence-corrected chi connectivity index (χ1v) is 11.1. The Hall–Kier alpha value is -2.29. The van der Waals surface area contributed by atoms with Gasteiger partial charge in [0.15, 0.2) is 0 Å². The molecule has 1 aromatic heterocycles. The molecule has 0 saturated carbocycles. The van der Waals surface area contributed by atoms with Crippen molar-refractivity contribution in [1.82, 2.24) is 9.80 Å². The van der Waals surface area contributed by atoms with Crippen LogP contribution in [0.1, 0.15) is 32.8 Å². The van der Waals surface area contributed by atoms with E-state index in [0.717, 1.165) is 56.6 Å². The third-order valence-electron chi connectivity index (χ3n) is 5.69. The number of amides is 1. The van der Waals surface area contributed by atoms with Gasteiger partial charge in [-0.3, -0.25) is 14.6 Å². The number of fused-ring (bicyclic) bond motifs is 1. The van der Waals surface area contributed by atoms with Crippen molar-refractivity contribution < 1.29 is 18.7 Å². The molecule has 0 bridgehead atoms. The van der Waals surface area contributed by atoms with Crippen LogP contribution in [-0.4, -0.2) is 61.5 Å². The van der Waals surface area contributed by atoms with Crippen molar-refractivity contribution in [2.75, 3.05) is 45.2 Å². The lowest BCUT2D eigenvalue weighted by Crippen LogP contribution is -2.48. The van der Waals surface area contributed by atoms with E-state index in [9.17, 15) is 14.0 Å². The highest BCUT2D eigenvalue weighted by atomic mass is 32.1. The van der Waals surface area contributed by atoms with Gasteiger partial charge in [0.05, 0.1) is 19.2 Å². The van der Waals surface area contributed by atoms with Gasteiger partial charge in [-0.1, -0.05) is 12.1 Å². The number of nitrogens with one attached hydrogen (secondary N) is 1. The van der Waals surface area contributed by atoms with Crippen molar-refractivity contribution in [3.8, 4) is 0 Å². The summed E-state index contributed by atoms with van der Waals surface area (Å²) in [6.45, 7) is 4.19. The minimum Gasteiger partial charge on any atom is -0.465 e. The monoisotopic (exact) mass is 431 g/mol. The SMILES string of the molecule is COC(=O)c1c(NC(=O)CN2CCN(Cc3cccc(F)c3)CC2)sc2c1CCC2. The van der Waals surface area contributed by atoms with Crippen LogP contribution >= 0.6 is 11.3 Å². The third-order valence-corrected chi connectivity index (χ3v) is 6.90. The highest BCUT2D eigenvalue weighted by Gasteiger charge is 2.28. The Morgan fingerprint density at radius 2 is 1.93 bits per heavy atom. The van der Waals surface area contributed by atoms with Crippen LogP contribution in [0, 0.1) is 5.82 Å². The van der Waals surface area contributed by atoms with Crippen molar-refractivity contribution in [3.05, 3.63) is 51.7 Å². The van der Waals surface area contributed by atoms with Crippen LogP contribution in [0.15, 0.2) is 24.3 Å². The summed E-state index contributed by atoms with van der Waals surface area (Å²) in [5.74, 6) is -0.706. The molecule has 1 fully saturated rings. The van der Waals surface area contributed by atoms with Gasteiger partial charge in [0.1, 0.15) is 10.8 Å². The second-order valence-electron chi connectivity index (χ2n) is 7.78. The molecule has 6 nitrogen and oxygen atoms in total. The molecule has 1 saturated heterocycles. The van der Waals surface area contributed by atoms with E-state index in [-0.39, 0.29) is 24.2 Å². The molecule has 8 heteroatoms. The molecule has 0 atom stereocenters. The number of methoxy groups -OCH3 is 1. The van der Waals surface area contributed by atoms with Crippen molar-refractivity contribution >= 4 is 28.2 Å². The fraction of sp³-hybridized carbons (Fsp3) is 0.455. The van der Waals surface area contributed by atoms with Gasteiger partial charge in [-0.15, -0.1) is 11.3 Å². The van der Waals surface area contributed by atoms with E-state index >= 15 is 0 Å². The first-order chi connectivity index (χ1) is 14.5. The van der Waals surface area contributed by atoms with Crippen LogP contribution in [0.4, 0.5) is 9.39 Å². The van der Waals surface area contributed by atoms with Gasteiger partial charge in [0.2, 0.25) is 5.91 Å².